The maximum absolute atomic E-state index is 14.7. The van der Waals surface area contributed by atoms with Crippen molar-refractivity contribution in [2.75, 3.05) is 30.5 Å². The number of carbonyl (C=O) groups is 2. The number of benzene rings is 2. The van der Waals surface area contributed by atoms with Crippen molar-refractivity contribution in [1.82, 2.24) is 10.3 Å². The minimum atomic E-state index is -4.32. The number of rotatable bonds is 6. The van der Waals surface area contributed by atoms with Crippen molar-refractivity contribution in [2.24, 2.45) is 5.41 Å². The molecule has 5 fully saturated rings. The predicted octanol–water partition coefficient (Wildman–Crippen LogP) is 5.20. The van der Waals surface area contributed by atoms with E-state index in [-0.39, 0.29) is 59.5 Å². The molecule has 4 bridgehead atoms. The number of methoxy groups -OCH3 is 1. The van der Waals surface area contributed by atoms with Crippen molar-refractivity contribution in [2.45, 2.75) is 56.4 Å². The number of aryl methyl sites for hydroxylation is 1. The number of aromatic nitrogens is 1. The first-order valence-electron chi connectivity index (χ1n) is 13.3. The van der Waals surface area contributed by atoms with Crippen LogP contribution in [0.2, 0.25) is 0 Å². The van der Waals surface area contributed by atoms with E-state index in [1.54, 1.807) is 12.1 Å². The topological polar surface area (TPSA) is 92.8 Å². The Morgan fingerprint density at radius 1 is 1.15 bits per heavy atom. The summed E-state index contributed by atoms with van der Waals surface area (Å²) in [7, 11) is 1.43. The number of hydrogen-bond donors (Lipinski definition) is 2. The molecule has 216 valence electrons. The molecule has 3 saturated carbocycles. The van der Waals surface area contributed by atoms with Gasteiger partial charge in [0.2, 0.25) is 0 Å². The van der Waals surface area contributed by atoms with Crippen molar-refractivity contribution in [3.05, 3.63) is 46.8 Å². The summed E-state index contributed by atoms with van der Waals surface area (Å²) in [4.78, 5) is 33.9. The second-order valence-electron chi connectivity index (χ2n) is 11.6. The molecule has 8 nitrogen and oxygen atoms in total. The van der Waals surface area contributed by atoms with Crippen molar-refractivity contribution < 1.29 is 36.6 Å². The number of amides is 2. The van der Waals surface area contributed by atoms with Crippen LogP contribution in [-0.2, 0) is 4.74 Å². The van der Waals surface area contributed by atoms with E-state index < -0.39 is 34.8 Å². The van der Waals surface area contributed by atoms with Crippen LogP contribution in [0.25, 0.3) is 10.2 Å². The maximum atomic E-state index is 14.7. The first-order chi connectivity index (χ1) is 19.4. The average Bonchev–Trinajstić information content (AvgIpc) is 3.28. The molecule has 13 heteroatoms. The maximum Gasteiger partial charge on any atom is 0.394 e. The molecule has 41 heavy (non-hydrogen) atoms. The standard InChI is InChI=1S/C28H26F4N4O4S/c1-13-5-16(23(37)35-27-10-26(11-27,12-27)28(30,31)32)19(7-17(13)29)33-24(38)21-20(39-2)4-3-18-22(21)41-25(34-18)36-14-6-15(36)9-40-8-14/h3-5,7,14-15H,6,8-12H2,1-2H3,(H,33,38)(H,35,37). The fourth-order valence-corrected chi connectivity index (χ4v) is 8.04. The molecule has 0 spiro atoms. The van der Waals surface area contributed by atoms with Gasteiger partial charge in [0, 0.05) is 5.54 Å². The SMILES string of the molecule is COc1ccc2nc(N3C4COCC3C4)sc2c1C(=O)Nc1cc(F)c(C)cc1C(=O)NC12CC(C(F)(F)F)(C1)C2. The average molecular weight is 591 g/mol. The normalized spacial score (nSPS) is 27.9. The van der Waals surface area contributed by atoms with Crippen molar-refractivity contribution in [3.63, 3.8) is 0 Å². The molecule has 2 atom stereocenters. The van der Waals surface area contributed by atoms with E-state index in [0.717, 1.165) is 17.6 Å². The first-order valence-corrected chi connectivity index (χ1v) is 14.1. The Bertz CT molecular complexity index is 1590. The van der Waals surface area contributed by atoms with Gasteiger partial charge in [0.1, 0.15) is 17.1 Å². The van der Waals surface area contributed by atoms with Crippen LogP contribution in [0.1, 0.15) is 52.0 Å². The van der Waals surface area contributed by atoms with Gasteiger partial charge < -0.3 is 25.0 Å². The summed E-state index contributed by atoms with van der Waals surface area (Å²) in [6.07, 6.45) is -3.85. The Morgan fingerprint density at radius 2 is 1.85 bits per heavy atom. The highest BCUT2D eigenvalue weighted by Gasteiger charge is 2.79. The number of alkyl halides is 3. The number of ether oxygens (including phenoxy) is 2. The third kappa shape index (κ3) is 3.92. The summed E-state index contributed by atoms with van der Waals surface area (Å²) in [5, 5.41) is 6.14. The number of anilines is 2. The van der Waals surface area contributed by atoms with Gasteiger partial charge in [0.25, 0.3) is 11.8 Å². The molecule has 2 aliphatic heterocycles. The number of hydrogen-bond acceptors (Lipinski definition) is 7. The first kappa shape index (κ1) is 26.4. The minimum Gasteiger partial charge on any atom is -0.496 e. The summed E-state index contributed by atoms with van der Waals surface area (Å²) in [6.45, 7) is 2.70. The number of thiazole rings is 1. The lowest BCUT2D eigenvalue weighted by Crippen LogP contribution is -2.78. The molecule has 3 heterocycles. The summed E-state index contributed by atoms with van der Waals surface area (Å²) < 4.78 is 66.2. The highest BCUT2D eigenvalue weighted by atomic mass is 32.1. The van der Waals surface area contributed by atoms with Crippen LogP contribution in [-0.4, -0.2) is 60.9 Å². The van der Waals surface area contributed by atoms with E-state index in [0.29, 0.717) is 23.4 Å². The van der Waals surface area contributed by atoms with E-state index >= 15 is 0 Å². The second-order valence-corrected chi connectivity index (χ2v) is 12.6. The number of fused-ring (bicyclic) bond motifs is 3. The van der Waals surface area contributed by atoms with Gasteiger partial charge in [-0.2, -0.15) is 13.2 Å². The fraction of sp³-hybridized carbons (Fsp3) is 0.464. The lowest BCUT2D eigenvalue weighted by molar-refractivity contribution is -0.336. The zero-order chi connectivity index (χ0) is 28.9. The minimum absolute atomic E-state index is 0.0347. The molecule has 5 aliphatic rings. The molecular formula is C28H26F4N4O4S. The number of nitrogens with one attached hydrogen (secondary N) is 2. The molecule has 2 aromatic carbocycles. The van der Waals surface area contributed by atoms with Crippen LogP contribution < -0.4 is 20.3 Å². The summed E-state index contributed by atoms with van der Waals surface area (Å²) in [5.41, 5.74) is -1.86. The van der Waals surface area contributed by atoms with Gasteiger partial charge in [-0.25, -0.2) is 9.37 Å². The molecular weight excluding hydrogens is 564 g/mol. The number of carbonyl (C=O) groups excluding carboxylic acids is 2. The third-order valence-electron chi connectivity index (χ3n) is 8.93. The zero-order valence-electron chi connectivity index (χ0n) is 22.2. The van der Waals surface area contributed by atoms with Gasteiger partial charge in [0.05, 0.1) is 59.3 Å². The Labute approximate surface area is 236 Å². The lowest BCUT2D eigenvalue weighted by atomic mass is 9.39. The highest BCUT2D eigenvalue weighted by molar-refractivity contribution is 7.22. The van der Waals surface area contributed by atoms with E-state index in [1.165, 1.54) is 31.4 Å². The monoisotopic (exact) mass is 590 g/mol. The van der Waals surface area contributed by atoms with Crippen LogP contribution in [0.5, 0.6) is 5.75 Å². The highest BCUT2D eigenvalue weighted by Crippen LogP contribution is 2.73. The van der Waals surface area contributed by atoms with Gasteiger partial charge in [-0.1, -0.05) is 11.3 Å². The summed E-state index contributed by atoms with van der Waals surface area (Å²) in [5.74, 6) is -1.67. The second kappa shape index (κ2) is 8.78. The van der Waals surface area contributed by atoms with Crippen LogP contribution in [0, 0.1) is 18.2 Å². The molecule has 3 aliphatic carbocycles. The van der Waals surface area contributed by atoms with Crippen LogP contribution in [0.15, 0.2) is 24.3 Å². The largest absolute Gasteiger partial charge is 0.496 e. The molecule has 8 rings (SSSR count). The number of nitrogens with zero attached hydrogens (tertiary/aromatic N) is 2. The van der Waals surface area contributed by atoms with Crippen molar-refractivity contribution in [1.29, 1.82) is 0 Å². The molecule has 2 N–H and O–H groups in total. The molecule has 3 aromatic rings. The predicted molar refractivity (Wildman–Crippen MR) is 143 cm³/mol. The van der Waals surface area contributed by atoms with Crippen molar-refractivity contribution in [3.8, 4) is 5.75 Å². The fourth-order valence-electron chi connectivity index (χ4n) is 6.80. The van der Waals surface area contributed by atoms with Gasteiger partial charge in [-0.05, 0) is 62.4 Å². The number of morpholine rings is 1. The van der Waals surface area contributed by atoms with E-state index in [1.807, 2.05) is 0 Å². The molecule has 0 radical (unpaired) electrons. The van der Waals surface area contributed by atoms with Crippen LogP contribution in [0.4, 0.5) is 28.4 Å². The van der Waals surface area contributed by atoms with Gasteiger partial charge in [0.15, 0.2) is 5.13 Å². The van der Waals surface area contributed by atoms with E-state index in [2.05, 4.69) is 15.5 Å². The molecule has 2 amide bonds. The Kier molecular flexibility index (Phi) is 5.66. The summed E-state index contributed by atoms with van der Waals surface area (Å²) in [6, 6.07) is 6.20. The Morgan fingerprint density at radius 3 is 2.49 bits per heavy atom. The smallest absolute Gasteiger partial charge is 0.394 e. The molecule has 2 saturated heterocycles. The van der Waals surface area contributed by atoms with Crippen LogP contribution >= 0.6 is 11.3 Å². The lowest BCUT2D eigenvalue weighted by Gasteiger charge is -2.70. The third-order valence-corrected chi connectivity index (χ3v) is 10.0. The summed E-state index contributed by atoms with van der Waals surface area (Å²) >= 11 is 1.35. The quantitative estimate of drug-likeness (QED) is 0.384. The Balaban J connectivity index is 1.18. The zero-order valence-corrected chi connectivity index (χ0v) is 23.0. The van der Waals surface area contributed by atoms with Crippen molar-refractivity contribution >= 4 is 44.2 Å². The van der Waals surface area contributed by atoms with E-state index in [9.17, 15) is 27.2 Å². The van der Waals surface area contributed by atoms with Gasteiger partial charge >= 0.3 is 6.18 Å². The Hall–Kier alpha value is -3.45. The van der Waals surface area contributed by atoms with Gasteiger partial charge in [-0.15, -0.1) is 0 Å². The molecule has 1 aromatic heterocycles. The van der Waals surface area contributed by atoms with Gasteiger partial charge in [-0.3, -0.25) is 9.59 Å². The van der Waals surface area contributed by atoms with E-state index in [4.69, 9.17) is 14.5 Å². The van der Waals surface area contributed by atoms with Crippen LogP contribution in [0.3, 0.4) is 0 Å². The molecule has 2 unspecified atom stereocenters. The number of halogens is 4.